The summed E-state index contributed by atoms with van der Waals surface area (Å²) in [6.07, 6.45) is -15.4. The van der Waals surface area contributed by atoms with Crippen LogP contribution in [0.25, 0.3) is 0 Å². The maximum atomic E-state index is 12.8. The standard InChI is InChI=1S/C8HF17O.C4H6O2/c9-1(10,3(13,14)5(17,18)7(20,21)22)2(11,12)4(15,16)6(19,26)8(23,24)25;1-3(2)4(5)6/h26H;1H2,2H3,(H,5,6). The van der Waals surface area contributed by atoms with E-state index in [1.54, 1.807) is 0 Å². The first-order chi connectivity index (χ1) is 13.4. The van der Waals surface area contributed by atoms with Crippen LogP contribution in [-0.2, 0) is 4.79 Å². The molecule has 3 nitrogen and oxygen atoms in total. The van der Waals surface area contributed by atoms with E-state index in [1.165, 1.54) is 6.92 Å². The van der Waals surface area contributed by atoms with Gasteiger partial charge in [0, 0.05) is 5.57 Å². The third-order valence-electron chi connectivity index (χ3n) is 3.09. The van der Waals surface area contributed by atoms with Crippen molar-refractivity contribution in [3.05, 3.63) is 12.2 Å². The van der Waals surface area contributed by atoms with Crippen molar-refractivity contribution >= 4 is 5.97 Å². The molecule has 0 aliphatic carbocycles. The van der Waals surface area contributed by atoms with Crippen LogP contribution in [0.4, 0.5) is 74.6 Å². The second kappa shape index (κ2) is 8.40. The van der Waals surface area contributed by atoms with E-state index in [1.807, 2.05) is 0 Å². The van der Waals surface area contributed by atoms with Crippen LogP contribution in [0.3, 0.4) is 0 Å². The Hall–Kier alpha value is -2.02. The molecule has 1 unspecified atom stereocenters. The molecule has 20 heteroatoms. The molecule has 0 aromatic heterocycles. The first kappa shape index (κ1) is 32.2. The molecule has 32 heavy (non-hydrogen) atoms. The van der Waals surface area contributed by atoms with Crippen molar-refractivity contribution in [1.29, 1.82) is 0 Å². The van der Waals surface area contributed by atoms with Crippen molar-refractivity contribution < 1.29 is 89.6 Å². The number of carboxylic acids is 1. The molecule has 0 spiro atoms. The summed E-state index contributed by atoms with van der Waals surface area (Å²) in [5, 5.41) is 15.6. The topological polar surface area (TPSA) is 57.5 Å². The average molecular weight is 522 g/mol. The molecule has 0 aromatic carbocycles. The lowest BCUT2D eigenvalue weighted by Crippen LogP contribution is -2.74. The highest BCUT2D eigenvalue weighted by atomic mass is 19.4. The van der Waals surface area contributed by atoms with Crippen LogP contribution >= 0.6 is 0 Å². The number of hydrogen-bond acceptors (Lipinski definition) is 2. The zero-order chi connectivity index (χ0) is 27.2. The number of carbonyl (C=O) groups is 1. The maximum Gasteiger partial charge on any atom is 0.460 e. The molecule has 0 aromatic rings. The Labute approximate surface area is 164 Å². The zero-order valence-electron chi connectivity index (χ0n) is 14.4. The second-order valence-electron chi connectivity index (χ2n) is 5.58. The Balaban J connectivity index is 0. The number of rotatable bonds is 6. The number of alkyl halides is 17. The van der Waals surface area contributed by atoms with Gasteiger partial charge in [0.05, 0.1) is 0 Å². The largest absolute Gasteiger partial charge is 0.478 e. The summed E-state index contributed by atoms with van der Waals surface area (Å²) in [4.78, 5) is 9.60. The molecule has 0 heterocycles. The van der Waals surface area contributed by atoms with Crippen LogP contribution < -0.4 is 0 Å². The third-order valence-corrected chi connectivity index (χ3v) is 3.09. The summed E-state index contributed by atoms with van der Waals surface area (Å²) >= 11 is 0. The normalized spacial score (nSPS) is 16.6. The molecule has 2 N–H and O–H groups in total. The molecule has 192 valence electrons. The van der Waals surface area contributed by atoms with Gasteiger partial charge in [0.25, 0.3) is 0 Å². The molecular weight excluding hydrogens is 515 g/mol. The average Bonchev–Trinajstić information content (AvgIpc) is 2.52. The highest BCUT2D eigenvalue weighted by Gasteiger charge is 2.95. The minimum absolute atomic E-state index is 0.176. The summed E-state index contributed by atoms with van der Waals surface area (Å²) in [6, 6.07) is 0. The molecule has 0 aliphatic heterocycles. The van der Waals surface area contributed by atoms with Gasteiger partial charge in [-0.1, -0.05) is 6.58 Å². The number of aliphatic hydroxyl groups is 1. The fourth-order valence-electron chi connectivity index (χ4n) is 1.16. The van der Waals surface area contributed by atoms with Gasteiger partial charge in [-0.25, -0.2) is 4.79 Å². The smallest absolute Gasteiger partial charge is 0.460 e. The van der Waals surface area contributed by atoms with Crippen molar-refractivity contribution in [1.82, 2.24) is 0 Å². The number of hydrogen-bond donors (Lipinski definition) is 2. The van der Waals surface area contributed by atoms with E-state index in [4.69, 9.17) is 10.2 Å². The fourth-order valence-corrected chi connectivity index (χ4v) is 1.16. The highest BCUT2D eigenvalue weighted by molar-refractivity contribution is 5.84. The number of halogens is 17. The minimum atomic E-state index is -8.64. The Morgan fingerprint density at radius 2 is 0.781 bits per heavy atom. The molecule has 0 saturated carbocycles. The fraction of sp³-hybridized carbons (Fsp3) is 0.750. The van der Waals surface area contributed by atoms with E-state index in [-0.39, 0.29) is 5.57 Å². The number of carboxylic acid groups (broad SMARTS) is 1. The van der Waals surface area contributed by atoms with Crippen molar-refractivity contribution in [3.63, 3.8) is 0 Å². The molecule has 0 amide bonds. The lowest BCUT2D eigenvalue weighted by atomic mass is 9.90. The number of aliphatic carboxylic acids is 1. The van der Waals surface area contributed by atoms with Crippen molar-refractivity contribution in [3.8, 4) is 0 Å². The van der Waals surface area contributed by atoms with Crippen molar-refractivity contribution in [2.75, 3.05) is 0 Å². The summed E-state index contributed by atoms with van der Waals surface area (Å²) in [5.41, 5.74) is 0.176. The lowest BCUT2D eigenvalue weighted by molar-refractivity contribution is -0.478. The van der Waals surface area contributed by atoms with Gasteiger partial charge >= 0.3 is 53.8 Å². The van der Waals surface area contributed by atoms with Crippen molar-refractivity contribution in [2.24, 2.45) is 0 Å². The van der Waals surface area contributed by atoms with Gasteiger partial charge in [-0.3, -0.25) is 0 Å². The van der Waals surface area contributed by atoms with Gasteiger partial charge in [-0.15, -0.1) is 0 Å². The van der Waals surface area contributed by atoms with E-state index in [0.717, 1.165) is 0 Å². The van der Waals surface area contributed by atoms with Crippen LogP contribution in [0.2, 0.25) is 0 Å². The second-order valence-corrected chi connectivity index (χ2v) is 5.58. The Kier molecular flexibility index (Phi) is 8.44. The predicted molar refractivity (Wildman–Crippen MR) is 65.4 cm³/mol. The molecule has 0 bridgehead atoms. The van der Waals surface area contributed by atoms with E-state index >= 15 is 0 Å². The Bertz CT molecular complexity index is 641. The SMILES string of the molecule is C=C(C)C(=O)O.OC(F)(C(F)(F)F)C(F)(F)C(F)(F)C(F)(F)C(F)(F)C(F)(F)C(F)(F)F. The minimum Gasteiger partial charge on any atom is -0.478 e. The molecule has 0 radical (unpaired) electrons. The maximum absolute atomic E-state index is 12.8. The van der Waals surface area contributed by atoms with E-state index in [9.17, 15) is 79.4 Å². The third kappa shape index (κ3) is 4.82. The molecular formula is C12H7F17O3. The van der Waals surface area contributed by atoms with Gasteiger partial charge in [0.15, 0.2) is 0 Å². The summed E-state index contributed by atoms with van der Waals surface area (Å²) in [6.45, 7) is 4.60. The Morgan fingerprint density at radius 3 is 0.969 bits per heavy atom. The monoisotopic (exact) mass is 522 g/mol. The van der Waals surface area contributed by atoms with Crippen LogP contribution in [0, 0.1) is 0 Å². The van der Waals surface area contributed by atoms with Crippen LogP contribution in [0.15, 0.2) is 12.2 Å². The van der Waals surface area contributed by atoms with E-state index < -0.39 is 53.8 Å². The first-order valence-corrected chi connectivity index (χ1v) is 6.72. The van der Waals surface area contributed by atoms with E-state index in [2.05, 4.69) is 6.58 Å². The van der Waals surface area contributed by atoms with Crippen LogP contribution in [0.5, 0.6) is 0 Å². The summed E-state index contributed by atoms with van der Waals surface area (Å²) in [5.74, 6) is -50.9. The van der Waals surface area contributed by atoms with Gasteiger partial charge in [-0.2, -0.15) is 74.6 Å². The predicted octanol–water partition coefficient (Wildman–Crippen LogP) is 5.59. The van der Waals surface area contributed by atoms with Crippen LogP contribution in [0.1, 0.15) is 6.92 Å². The molecule has 0 rings (SSSR count). The van der Waals surface area contributed by atoms with Crippen molar-refractivity contribution in [2.45, 2.75) is 54.7 Å². The zero-order valence-corrected chi connectivity index (χ0v) is 14.4. The van der Waals surface area contributed by atoms with Gasteiger partial charge < -0.3 is 10.2 Å². The Morgan fingerprint density at radius 1 is 0.562 bits per heavy atom. The molecule has 1 atom stereocenters. The molecule has 0 aliphatic rings. The summed E-state index contributed by atoms with van der Waals surface area (Å²) in [7, 11) is 0. The van der Waals surface area contributed by atoms with Gasteiger partial charge in [0.2, 0.25) is 0 Å². The first-order valence-electron chi connectivity index (χ1n) is 6.72. The quantitative estimate of drug-likeness (QED) is 0.353. The van der Waals surface area contributed by atoms with E-state index in [0.29, 0.717) is 0 Å². The van der Waals surface area contributed by atoms with Crippen LogP contribution in [-0.4, -0.2) is 64.0 Å². The molecule has 0 fully saturated rings. The summed E-state index contributed by atoms with van der Waals surface area (Å²) < 4.78 is 210. The molecule has 0 saturated heterocycles. The lowest BCUT2D eigenvalue weighted by Gasteiger charge is -2.42. The highest BCUT2D eigenvalue weighted by Crippen LogP contribution is 2.63. The van der Waals surface area contributed by atoms with Gasteiger partial charge in [-0.05, 0) is 6.92 Å². The van der Waals surface area contributed by atoms with Gasteiger partial charge in [0.1, 0.15) is 0 Å².